The highest BCUT2D eigenvalue weighted by molar-refractivity contribution is 5.15. The van der Waals surface area contributed by atoms with E-state index in [0.29, 0.717) is 24.1 Å². The van der Waals surface area contributed by atoms with Crippen molar-refractivity contribution in [2.45, 2.75) is 96.9 Å². The van der Waals surface area contributed by atoms with Gasteiger partial charge in [-0.1, -0.05) is 32.3 Å². The standard InChI is InChI=1S/C25H40N2O5/c1-4-15-17-11-14(28)9-10-24(17,2)21-18(29)12-25(3)13(5-7-16(25)20(21)22(15)30)6-8-19-26-23(31)32-27-19/h13-18,20-22,28-30H,4-12H2,1-3H3,(H,26,27,31)/t13-,14-,15-,16?,17+,18+,20?,21?,22-,24+,25-/m1/s1. The molecule has 180 valence electrons. The third-order valence-corrected chi connectivity index (χ3v) is 10.7. The molecule has 0 aromatic carbocycles. The zero-order valence-corrected chi connectivity index (χ0v) is 19.7. The van der Waals surface area contributed by atoms with Gasteiger partial charge in [-0.2, -0.15) is 0 Å². The first-order chi connectivity index (χ1) is 15.2. The highest BCUT2D eigenvalue weighted by Crippen LogP contribution is 2.69. The Labute approximate surface area is 190 Å². The highest BCUT2D eigenvalue weighted by atomic mass is 16.5. The molecular formula is C25H40N2O5. The zero-order valence-electron chi connectivity index (χ0n) is 19.7. The summed E-state index contributed by atoms with van der Waals surface area (Å²) in [5, 5.41) is 37.6. The highest BCUT2D eigenvalue weighted by Gasteiger charge is 2.66. The fraction of sp³-hybridized carbons (Fsp3) is 0.920. The number of nitrogens with zero attached hydrogens (tertiary/aromatic N) is 1. The fourth-order valence-corrected chi connectivity index (χ4v) is 9.33. The molecule has 0 aliphatic heterocycles. The van der Waals surface area contributed by atoms with Crippen molar-refractivity contribution < 1.29 is 19.8 Å². The molecule has 1 aromatic heterocycles. The van der Waals surface area contributed by atoms with Gasteiger partial charge in [0.05, 0.1) is 18.3 Å². The lowest BCUT2D eigenvalue weighted by atomic mass is 9.41. The van der Waals surface area contributed by atoms with Gasteiger partial charge in [0.25, 0.3) is 0 Å². The van der Waals surface area contributed by atoms with Crippen LogP contribution in [0.1, 0.15) is 78.0 Å². The van der Waals surface area contributed by atoms with Crippen LogP contribution in [0.15, 0.2) is 9.32 Å². The van der Waals surface area contributed by atoms with Gasteiger partial charge < -0.3 is 15.3 Å². The summed E-state index contributed by atoms with van der Waals surface area (Å²) in [6.07, 6.45) is 6.79. The smallest absolute Gasteiger partial charge is 0.393 e. The Balaban J connectivity index is 1.44. The number of hydrogen-bond donors (Lipinski definition) is 4. The van der Waals surface area contributed by atoms with Crippen molar-refractivity contribution in [1.29, 1.82) is 0 Å². The second-order valence-corrected chi connectivity index (χ2v) is 11.9. The molecule has 0 radical (unpaired) electrons. The van der Waals surface area contributed by atoms with Gasteiger partial charge >= 0.3 is 5.76 Å². The number of aliphatic hydroxyl groups is 3. The van der Waals surface area contributed by atoms with Crippen LogP contribution < -0.4 is 5.76 Å². The van der Waals surface area contributed by atoms with E-state index >= 15 is 0 Å². The van der Waals surface area contributed by atoms with Crippen molar-refractivity contribution in [1.82, 2.24) is 10.1 Å². The Morgan fingerprint density at radius 2 is 1.91 bits per heavy atom. The number of aryl methyl sites for hydroxylation is 1. The number of nitrogens with one attached hydrogen (secondary N) is 1. The summed E-state index contributed by atoms with van der Waals surface area (Å²) in [6, 6.07) is 0. The molecule has 0 bridgehead atoms. The molecule has 3 unspecified atom stereocenters. The van der Waals surface area contributed by atoms with Crippen LogP contribution in [0, 0.1) is 46.3 Å². The molecule has 5 rings (SSSR count). The lowest BCUT2D eigenvalue weighted by Crippen LogP contribution is -2.65. The molecule has 0 spiro atoms. The Kier molecular flexibility index (Phi) is 5.62. The second kappa shape index (κ2) is 7.95. The minimum absolute atomic E-state index is 0.0250. The molecule has 4 fully saturated rings. The van der Waals surface area contributed by atoms with E-state index in [4.69, 9.17) is 0 Å². The lowest BCUT2D eigenvalue weighted by Gasteiger charge is -2.65. The van der Waals surface area contributed by atoms with Crippen LogP contribution in [0.25, 0.3) is 0 Å². The molecular weight excluding hydrogens is 408 g/mol. The van der Waals surface area contributed by atoms with Crippen molar-refractivity contribution in [3.8, 4) is 0 Å². The van der Waals surface area contributed by atoms with Gasteiger partial charge in [-0.05, 0) is 91.3 Å². The molecule has 1 aromatic rings. The molecule has 4 saturated carbocycles. The molecule has 7 heteroatoms. The van der Waals surface area contributed by atoms with Crippen molar-refractivity contribution in [2.24, 2.45) is 46.3 Å². The van der Waals surface area contributed by atoms with Gasteiger partial charge in [0.2, 0.25) is 0 Å². The summed E-state index contributed by atoms with van der Waals surface area (Å²) >= 11 is 0. The van der Waals surface area contributed by atoms with Crippen molar-refractivity contribution in [2.75, 3.05) is 0 Å². The number of fused-ring (bicyclic) bond motifs is 5. The van der Waals surface area contributed by atoms with E-state index in [2.05, 4.69) is 35.4 Å². The molecule has 11 atom stereocenters. The Morgan fingerprint density at radius 1 is 1.12 bits per heavy atom. The average molecular weight is 449 g/mol. The van der Waals surface area contributed by atoms with E-state index < -0.39 is 18.0 Å². The number of aromatic nitrogens is 2. The van der Waals surface area contributed by atoms with Crippen molar-refractivity contribution in [3.63, 3.8) is 0 Å². The van der Waals surface area contributed by atoms with Gasteiger partial charge in [0.15, 0.2) is 5.82 Å². The Hall–Kier alpha value is -1.18. The van der Waals surface area contributed by atoms with Crippen LogP contribution in [-0.2, 0) is 6.42 Å². The number of aromatic amines is 1. The van der Waals surface area contributed by atoms with E-state index in [1.807, 2.05) is 0 Å². The number of H-pyrrole nitrogens is 1. The molecule has 4 aliphatic carbocycles. The van der Waals surface area contributed by atoms with Crippen LogP contribution in [0.3, 0.4) is 0 Å². The predicted octanol–water partition coefficient (Wildman–Crippen LogP) is 2.89. The van der Waals surface area contributed by atoms with Gasteiger partial charge in [0.1, 0.15) is 0 Å². The van der Waals surface area contributed by atoms with Gasteiger partial charge in [-0.3, -0.25) is 9.51 Å². The molecule has 7 nitrogen and oxygen atoms in total. The SMILES string of the molecule is CC[C@H]1[C@@H](O)C2C3CC[C@H](CCc4noc(=O)[nH]4)[C@@]3(C)C[C@H](O)C2[C@@]2(C)CC[C@@H](O)C[C@@H]12. The summed E-state index contributed by atoms with van der Waals surface area (Å²) < 4.78 is 4.65. The maximum Gasteiger partial charge on any atom is 0.438 e. The third-order valence-electron chi connectivity index (χ3n) is 10.7. The molecule has 4 N–H and O–H groups in total. The minimum atomic E-state index is -0.511. The summed E-state index contributed by atoms with van der Waals surface area (Å²) in [7, 11) is 0. The fourth-order valence-electron chi connectivity index (χ4n) is 9.33. The molecule has 1 heterocycles. The predicted molar refractivity (Wildman–Crippen MR) is 119 cm³/mol. The van der Waals surface area contributed by atoms with Gasteiger partial charge in [-0.25, -0.2) is 4.79 Å². The first-order valence-electron chi connectivity index (χ1n) is 12.8. The quantitative estimate of drug-likeness (QED) is 0.562. The normalized spacial score (nSPS) is 50.5. The van der Waals surface area contributed by atoms with E-state index in [-0.39, 0.29) is 40.6 Å². The van der Waals surface area contributed by atoms with Crippen LogP contribution >= 0.6 is 0 Å². The van der Waals surface area contributed by atoms with E-state index in [1.165, 1.54) is 0 Å². The molecule has 32 heavy (non-hydrogen) atoms. The topological polar surface area (TPSA) is 120 Å². The minimum Gasteiger partial charge on any atom is -0.393 e. The zero-order chi connectivity index (χ0) is 22.8. The summed E-state index contributed by atoms with van der Waals surface area (Å²) in [6.45, 7) is 6.84. The third kappa shape index (κ3) is 3.25. The molecule has 0 amide bonds. The summed E-state index contributed by atoms with van der Waals surface area (Å²) in [4.78, 5) is 13.9. The Bertz CT molecular complexity index is 884. The first-order valence-corrected chi connectivity index (χ1v) is 12.8. The number of hydrogen-bond acceptors (Lipinski definition) is 6. The van der Waals surface area contributed by atoms with E-state index in [9.17, 15) is 20.1 Å². The van der Waals surface area contributed by atoms with Crippen LogP contribution in [0.5, 0.6) is 0 Å². The summed E-state index contributed by atoms with van der Waals surface area (Å²) in [5.41, 5.74) is -0.0515. The Morgan fingerprint density at radius 3 is 2.59 bits per heavy atom. The second-order valence-electron chi connectivity index (χ2n) is 11.9. The van der Waals surface area contributed by atoms with Gasteiger partial charge in [-0.15, -0.1) is 0 Å². The summed E-state index contributed by atoms with van der Waals surface area (Å²) in [5.74, 6) is 1.57. The van der Waals surface area contributed by atoms with Crippen LogP contribution in [-0.4, -0.2) is 43.8 Å². The molecule has 0 saturated heterocycles. The largest absolute Gasteiger partial charge is 0.438 e. The lowest BCUT2D eigenvalue weighted by molar-refractivity contribution is -0.234. The van der Waals surface area contributed by atoms with Crippen LogP contribution in [0.4, 0.5) is 0 Å². The average Bonchev–Trinajstić information content (AvgIpc) is 3.30. The maximum absolute atomic E-state index is 11.7. The molecule has 4 aliphatic rings. The van der Waals surface area contributed by atoms with Crippen LogP contribution in [0.2, 0.25) is 0 Å². The number of rotatable bonds is 4. The monoisotopic (exact) mass is 448 g/mol. The van der Waals surface area contributed by atoms with Crippen molar-refractivity contribution >= 4 is 0 Å². The van der Waals surface area contributed by atoms with Gasteiger partial charge in [0, 0.05) is 6.42 Å². The van der Waals surface area contributed by atoms with Crippen molar-refractivity contribution in [3.05, 3.63) is 16.4 Å². The number of aliphatic hydroxyl groups excluding tert-OH is 3. The maximum atomic E-state index is 11.7. The first kappa shape index (κ1) is 22.6. The van der Waals surface area contributed by atoms with E-state index in [0.717, 1.165) is 51.4 Å². The van der Waals surface area contributed by atoms with E-state index in [1.54, 1.807) is 0 Å².